The van der Waals surface area contributed by atoms with E-state index in [9.17, 15) is 14.9 Å². The number of nitro groups is 1. The van der Waals surface area contributed by atoms with Crippen molar-refractivity contribution >= 4 is 38.8 Å². The van der Waals surface area contributed by atoms with Gasteiger partial charge in [-0.15, -0.1) is 0 Å². The summed E-state index contributed by atoms with van der Waals surface area (Å²) in [5.41, 5.74) is 0.664. The number of allylic oxidation sites excluding steroid dienone is 4. The number of halogens is 1. The highest BCUT2D eigenvalue weighted by atomic mass is 79.9. The van der Waals surface area contributed by atoms with Crippen LogP contribution >= 0.6 is 15.9 Å². The van der Waals surface area contributed by atoms with Crippen LogP contribution in [0.1, 0.15) is 0 Å². The molecule has 0 radical (unpaired) electrons. The summed E-state index contributed by atoms with van der Waals surface area (Å²) in [6.07, 6.45) is 5.77. The third-order valence-corrected chi connectivity index (χ3v) is 2.71. The Morgan fingerprint density at radius 1 is 1.17 bits per heavy atom. The molecule has 0 fully saturated rings. The van der Waals surface area contributed by atoms with Crippen molar-refractivity contribution in [1.29, 1.82) is 0 Å². The van der Waals surface area contributed by atoms with Crippen LogP contribution in [0.2, 0.25) is 0 Å². The van der Waals surface area contributed by atoms with E-state index >= 15 is 0 Å². The van der Waals surface area contributed by atoms with Gasteiger partial charge in [0.2, 0.25) is 0 Å². The number of hydrogen-bond acceptors (Lipinski definition) is 4. The number of nitrogens with zero attached hydrogens (tertiary/aromatic N) is 2. The van der Waals surface area contributed by atoms with E-state index in [2.05, 4.69) is 20.9 Å². The van der Waals surface area contributed by atoms with Crippen LogP contribution in [-0.4, -0.2) is 16.4 Å². The first kappa shape index (κ1) is 12.4. The Bertz CT molecular complexity index is 600. The quantitative estimate of drug-likeness (QED) is 0.478. The average molecular weight is 307 g/mol. The van der Waals surface area contributed by atoms with Crippen LogP contribution in [0, 0.1) is 10.1 Å². The highest BCUT2D eigenvalue weighted by Gasteiger charge is 2.14. The standard InChI is InChI=1S/C12H7BrN2O3/c13-8-1-6-11(12(7-8)15(17)18)14-9-2-4-10(16)5-3-9/h1-7H. The van der Waals surface area contributed by atoms with Gasteiger partial charge < -0.3 is 0 Å². The van der Waals surface area contributed by atoms with Gasteiger partial charge in [0.05, 0.1) is 10.6 Å². The molecule has 1 aliphatic rings. The molecule has 2 rings (SSSR count). The van der Waals surface area contributed by atoms with Crippen LogP contribution in [-0.2, 0) is 4.79 Å². The van der Waals surface area contributed by atoms with Crippen molar-refractivity contribution < 1.29 is 9.72 Å². The monoisotopic (exact) mass is 306 g/mol. The summed E-state index contributed by atoms with van der Waals surface area (Å²) in [6, 6.07) is 4.61. The summed E-state index contributed by atoms with van der Waals surface area (Å²) >= 11 is 3.17. The molecule has 0 saturated heterocycles. The molecule has 0 N–H and O–H groups in total. The predicted octanol–water partition coefficient (Wildman–Crippen LogP) is 3.12. The molecule has 1 aromatic carbocycles. The lowest BCUT2D eigenvalue weighted by molar-refractivity contribution is -0.384. The average Bonchev–Trinajstić information content (AvgIpc) is 2.34. The van der Waals surface area contributed by atoms with Crippen LogP contribution in [0.15, 0.2) is 52.0 Å². The molecule has 0 heterocycles. The van der Waals surface area contributed by atoms with Crippen molar-refractivity contribution in [2.45, 2.75) is 0 Å². The SMILES string of the molecule is O=C1C=CC(=Nc2ccc(Br)cc2[N+](=O)[O-])C=C1. The lowest BCUT2D eigenvalue weighted by Gasteiger charge is -2.01. The molecule has 0 amide bonds. The minimum atomic E-state index is -0.494. The van der Waals surface area contributed by atoms with Crippen LogP contribution in [0.3, 0.4) is 0 Å². The van der Waals surface area contributed by atoms with Crippen molar-refractivity contribution in [3.63, 3.8) is 0 Å². The first-order valence-corrected chi connectivity index (χ1v) is 5.78. The second kappa shape index (κ2) is 5.05. The van der Waals surface area contributed by atoms with E-state index < -0.39 is 4.92 Å². The van der Waals surface area contributed by atoms with Crippen LogP contribution in [0.4, 0.5) is 11.4 Å². The fraction of sp³-hybridized carbons (Fsp3) is 0. The third-order valence-electron chi connectivity index (χ3n) is 2.22. The zero-order chi connectivity index (χ0) is 13.1. The Balaban J connectivity index is 2.43. The molecule has 0 bridgehead atoms. The minimum Gasteiger partial charge on any atom is -0.290 e. The first-order chi connectivity index (χ1) is 8.56. The largest absolute Gasteiger partial charge is 0.295 e. The summed E-state index contributed by atoms with van der Waals surface area (Å²) in [5.74, 6) is -0.126. The maximum absolute atomic E-state index is 10.9. The molecule has 5 nitrogen and oxygen atoms in total. The van der Waals surface area contributed by atoms with Gasteiger partial charge in [0.1, 0.15) is 5.69 Å². The molecule has 0 unspecified atom stereocenters. The number of aliphatic imine (C=N–C) groups is 1. The highest BCUT2D eigenvalue weighted by Crippen LogP contribution is 2.30. The van der Waals surface area contributed by atoms with Crippen molar-refractivity contribution in [2.75, 3.05) is 0 Å². The molecule has 0 aromatic heterocycles. The topological polar surface area (TPSA) is 72.6 Å². The lowest BCUT2D eigenvalue weighted by atomic mass is 10.1. The number of nitro benzene ring substituents is 1. The fourth-order valence-corrected chi connectivity index (χ4v) is 1.75. The van der Waals surface area contributed by atoms with Crippen molar-refractivity contribution in [3.8, 4) is 0 Å². The molecule has 1 aromatic rings. The van der Waals surface area contributed by atoms with Gasteiger partial charge in [0.25, 0.3) is 5.69 Å². The summed E-state index contributed by atoms with van der Waals surface area (Å²) < 4.78 is 0.614. The Morgan fingerprint density at radius 2 is 1.83 bits per heavy atom. The Labute approximate surface area is 111 Å². The van der Waals surface area contributed by atoms with E-state index in [0.29, 0.717) is 10.2 Å². The minimum absolute atomic E-state index is 0.0874. The normalized spacial score (nSPS) is 13.8. The van der Waals surface area contributed by atoms with Gasteiger partial charge in [0.15, 0.2) is 5.78 Å². The maximum atomic E-state index is 10.9. The van der Waals surface area contributed by atoms with Gasteiger partial charge in [-0.2, -0.15) is 0 Å². The number of ketones is 1. The summed E-state index contributed by atoms with van der Waals surface area (Å²) in [5, 5.41) is 10.9. The van der Waals surface area contributed by atoms with Crippen molar-refractivity contribution in [1.82, 2.24) is 0 Å². The molecule has 0 aliphatic heterocycles. The molecule has 0 saturated carbocycles. The Hall–Kier alpha value is -2.08. The second-order valence-electron chi connectivity index (χ2n) is 3.50. The number of benzene rings is 1. The van der Waals surface area contributed by atoms with E-state index in [1.54, 1.807) is 12.1 Å². The van der Waals surface area contributed by atoms with Crippen molar-refractivity contribution in [3.05, 3.63) is 57.1 Å². The number of rotatable bonds is 2. The van der Waals surface area contributed by atoms with Crippen LogP contribution in [0.5, 0.6) is 0 Å². The van der Waals surface area contributed by atoms with Gasteiger partial charge in [-0.1, -0.05) is 15.9 Å². The highest BCUT2D eigenvalue weighted by molar-refractivity contribution is 9.10. The fourth-order valence-electron chi connectivity index (χ4n) is 1.40. The van der Waals surface area contributed by atoms with Crippen LogP contribution < -0.4 is 0 Å². The molecular formula is C12H7BrN2O3. The molecule has 6 heteroatoms. The van der Waals surface area contributed by atoms with E-state index in [-0.39, 0.29) is 17.2 Å². The molecule has 1 aliphatic carbocycles. The summed E-state index contributed by atoms with van der Waals surface area (Å²) in [4.78, 5) is 25.5. The van der Waals surface area contributed by atoms with Crippen LogP contribution in [0.25, 0.3) is 0 Å². The van der Waals surface area contributed by atoms with Gasteiger partial charge >= 0.3 is 0 Å². The lowest BCUT2D eigenvalue weighted by Crippen LogP contribution is -1.99. The van der Waals surface area contributed by atoms with Gasteiger partial charge in [0, 0.05) is 10.5 Å². The van der Waals surface area contributed by atoms with E-state index in [1.807, 2.05) is 0 Å². The molecule has 18 heavy (non-hydrogen) atoms. The summed E-state index contributed by atoms with van der Waals surface area (Å²) in [7, 11) is 0. The van der Waals surface area contributed by atoms with Gasteiger partial charge in [-0.3, -0.25) is 14.9 Å². The van der Waals surface area contributed by atoms with Crippen molar-refractivity contribution in [2.24, 2.45) is 4.99 Å². The second-order valence-corrected chi connectivity index (χ2v) is 4.41. The maximum Gasteiger partial charge on any atom is 0.295 e. The molecule has 0 spiro atoms. The van der Waals surface area contributed by atoms with E-state index in [0.717, 1.165) is 0 Å². The zero-order valence-corrected chi connectivity index (χ0v) is 10.6. The predicted molar refractivity (Wildman–Crippen MR) is 71.2 cm³/mol. The Kier molecular flexibility index (Phi) is 3.47. The first-order valence-electron chi connectivity index (χ1n) is 4.99. The zero-order valence-electron chi connectivity index (χ0n) is 9.04. The molecule has 90 valence electrons. The summed E-state index contributed by atoms with van der Waals surface area (Å²) in [6.45, 7) is 0. The van der Waals surface area contributed by atoms with Gasteiger partial charge in [-0.05, 0) is 36.4 Å². The molecule has 0 atom stereocenters. The third kappa shape index (κ3) is 2.78. The van der Waals surface area contributed by atoms with E-state index in [4.69, 9.17) is 0 Å². The smallest absolute Gasteiger partial charge is 0.290 e. The number of hydrogen-bond donors (Lipinski definition) is 0. The number of carbonyl (C=O) groups excluding carboxylic acids is 1. The van der Waals surface area contributed by atoms with E-state index in [1.165, 1.54) is 30.4 Å². The Morgan fingerprint density at radius 3 is 2.44 bits per heavy atom. The van der Waals surface area contributed by atoms with Gasteiger partial charge in [-0.25, -0.2) is 4.99 Å². The molecular weight excluding hydrogens is 300 g/mol. The number of carbonyl (C=O) groups is 1.